The number of rotatable bonds is 5. The first kappa shape index (κ1) is 13.3. The molecule has 0 aromatic rings. The summed E-state index contributed by atoms with van der Waals surface area (Å²) in [7, 11) is 1.72. The molecule has 0 saturated carbocycles. The van der Waals surface area contributed by atoms with Gasteiger partial charge in [0.2, 0.25) is 0 Å². The zero-order valence-corrected chi connectivity index (χ0v) is 12.5. The summed E-state index contributed by atoms with van der Waals surface area (Å²) in [6, 6.07) is 1.22. The second-order valence-corrected chi connectivity index (χ2v) is 11.7. The summed E-state index contributed by atoms with van der Waals surface area (Å²) in [5, 5.41) is 0. The van der Waals surface area contributed by atoms with Gasteiger partial charge in [0.1, 0.15) is 0 Å². The molecule has 1 unspecified atom stereocenters. The van der Waals surface area contributed by atoms with Crippen molar-refractivity contribution in [2.24, 2.45) is 0 Å². The minimum atomic E-state index is -1.99. The fraction of sp³-hybridized carbons (Fsp3) is 1.00. The number of nitrogens with zero attached hydrogens (tertiary/aromatic N) is 1. The smallest absolute Gasteiger partial charge is 0.348 e. The van der Waals surface area contributed by atoms with Crippen molar-refractivity contribution in [1.82, 2.24) is 4.57 Å². The molecule has 90 valence electrons. The van der Waals surface area contributed by atoms with Gasteiger partial charge in [0.05, 0.1) is 0 Å². The SMILES string of the molecule is CO[Si](C)(CN1CCC[Si]1(C)OC)OC. The van der Waals surface area contributed by atoms with Gasteiger partial charge in [-0.15, -0.1) is 0 Å². The first-order valence-corrected chi connectivity index (χ1v) is 10.5. The Hall–Kier alpha value is 0.274. The van der Waals surface area contributed by atoms with Crippen LogP contribution in [0.4, 0.5) is 0 Å². The van der Waals surface area contributed by atoms with Crippen molar-refractivity contribution >= 4 is 17.0 Å². The molecule has 0 aliphatic carbocycles. The molecule has 0 aromatic carbocycles. The molecule has 0 spiro atoms. The Morgan fingerprint density at radius 1 is 1.27 bits per heavy atom. The molecule has 0 bridgehead atoms. The zero-order chi connectivity index (χ0) is 11.5. The Morgan fingerprint density at radius 3 is 2.33 bits per heavy atom. The third kappa shape index (κ3) is 2.89. The Balaban J connectivity index is 2.64. The van der Waals surface area contributed by atoms with Crippen molar-refractivity contribution in [3.05, 3.63) is 0 Å². The lowest BCUT2D eigenvalue weighted by Crippen LogP contribution is -2.57. The molecule has 1 saturated heterocycles. The highest BCUT2D eigenvalue weighted by molar-refractivity contribution is 6.73. The van der Waals surface area contributed by atoms with E-state index < -0.39 is 17.0 Å². The summed E-state index contributed by atoms with van der Waals surface area (Å²) in [5.41, 5.74) is 0. The van der Waals surface area contributed by atoms with Crippen molar-refractivity contribution < 1.29 is 13.3 Å². The van der Waals surface area contributed by atoms with E-state index in [9.17, 15) is 0 Å². The van der Waals surface area contributed by atoms with E-state index in [-0.39, 0.29) is 0 Å². The van der Waals surface area contributed by atoms with E-state index in [0.717, 1.165) is 12.7 Å². The van der Waals surface area contributed by atoms with Crippen molar-refractivity contribution in [3.8, 4) is 0 Å². The quantitative estimate of drug-likeness (QED) is 0.688. The van der Waals surface area contributed by atoms with Gasteiger partial charge in [-0.3, -0.25) is 0 Å². The van der Waals surface area contributed by atoms with Crippen molar-refractivity contribution in [1.29, 1.82) is 0 Å². The van der Waals surface area contributed by atoms with Crippen LogP contribution >= 0.6 is 0 Å². The monoisotopic (exact) mass is 249 g/mol. The topological polar surface area (TPSA) is 30.9 Å². The van der Waals surface area contributed by atoms with Crippen LogP contribution in [-0.4, -0.2) is 55.6 Å². The predicted octanol–water partition coefficient (Wildman–Crippen LogP) is 1.31. The van der Waals surface area contributed by atoms with Crippen LogP contribution in [0.25, 0.3) is 0 Å². The van der Waals surface area contributed by atoms with E-state index >= 15 is 0 Å². The molecule has 1 aliphatic rings. The highest BCUT2D eigenvalue weighted by atomic mass is 28.4. The van der Waals surface area contributed by atoms with E-state index in [2.05, 4.69) is 17.7 Å². The minimum Gasteiger partial charge on any atom is -0.406 e. The summed E-state index contributed by atoms with van der Waals surface area (Å²) in [6.07, 6.45) is 2.17. The van der Waals surface area contributed by atoms with Gasteiger partial charge in [0.15, 0.2) is 0 Å². The average molecular weight is 249 g/mol. The molecular formula is C9H23NO3Si2. The summed E-state index contributed by atoms with van der Waals surface area (Å²) in [5.74, 6) is 0. The molecule has 4 nitrogen and oxygen atoms in total. The van der Waals surface area contributed by atoms with Crippen LogP contribution in [0.2, 0.25) is 19.1 Å². The maximum absolute atomic E-state index is 5.72. The number of hydrogen-bond donors (Lipinski definition) is 0. The van der Waals surface area contributed by atoms with Gasteiger partial charge >= 0.3 is 8.56 Å². The molecule has 1 rings (SSSR count). The van der Waals surface area contributed by atoms with E-state index in [4.69, 9.17) is 13.3 Å². The summed E-state index contributed by atoms with van der Waals surface area (Å²) in [6.45, 7) is 5.52. The van der Waals surface area contributed by atoms with E-state index in [1.54, 1.807) is 14.2 Å². The highest BCUT2D eigenvalue weighted by Gasteiger charge is 2.45. The molecule has 0 amide bonds. The van der Waals surface area contributed by atoms with E-state index in [0.29, 0.717) is 0 Å². The first-order valence-electron chi connectivity index (χ1n) is 5.40. The van der Waals surface area contributed by atoms with Gasteiger partial charge < -0.3 is 17.8 Å². The van der Waals surface area contributed by atoms with Gasteiger partial charge in [0.25, 0.3) is 8.48 Å². The van der Waals surface area contributed by atoms with Crippen molar-refractivity contribution in [3.63, 3.8) is 0 Å². The summed E-state index contributed by atoms with van der Waals surface area (Å²) >= 11 is 0. The molecule has 1 aliphatic heterocycles. The predicted molar refractivity (Wildman–Crippen MR) is 65.3 cm³/mol. The third-order valence-electron chi connectivity index (χ3n) is 3.52. The Labute approximate surface area is 95.0 Å². The maximum atomic E-state index is 5.72. The molecular weight excluding hydrogens is 226 g/mol. The van der Waals surface area contributed by atoms with Crippen LogP contribution in [0.3, 0.4) is 0 Å². The second kappa shape index (κ2) is 5.07. The Morgan fingerprint density at radius 2 is 1.87 bits per heavy atom. The van der Waals surface area contributed by atoms with Crippen LogP contribution in [0.15, 0.2) is 0 Å². The molecule has 1 atom stereocenters. The van der Waals surface area contributed by atoms with Gasteiger partial charge in [-0.25, -0.2) is 0 Å². The van der Waals surface area contributed by atoms with Gasteiger partial charge in [0, 0.05) is 27.5 Å². The summed E-state index contributed by atoms with van der Waals surface area (Å²) in [4.78, 5) is 0. The maximum Gasteiger partial charge on any atom is 0.348 e. The Bertz CT molecular complexity index is 214. The lowest BCUT2D eigenvalue weighted by atomic mass is 10.5. The van der Waals surface area contributed by atoms with Gasteiger partial charge in [-0.05, 0) is 32.1 Å². The third-order valence-corrected chi connectivity index (χ3v) is 10.4. The molecule has 0 aromatic heterocycles. The van der Waals surface area contributed by atoms with E-state index in [1.807, 2.05) is 7.11 Å². The fourth-order valence-corrected chi connectivity index (χ4v) is 7.73. The Kier molecular flexibility index (Phi) is 4.51. The van der Waals surface area contributed by atoms with Gasteiger partial charge in [-0.1, -0.05) is 0 Å². The zero-order valence-electron chi connectivity index (χ0n) is 10.5. The van der Waals surface area contributed by atoms with Crippen molar-refractivity contribution in [2.75, 3.05) is 34.0 Å². The second-order valence-electron chi connectivity index (χ2n) is 4.45. The lowest BCUT2D eigenvalue weighted by Gasteiger charge is -2.36. The standard InChI is InChI=1S/C9H23NO3Si2/c1-11-14(4)8-6-7-10(14)9-15(5,12-2)13-3/h6-9H2,1-5H3. The molecule has 1 fully saturated rings. The lowest BCUT2D eigenvalue weighted by molar-refractivity contribution is 0.227. The largest absolute Gasteiger partial charge is 0.406 e. The molecule has 15 heavy (non-hydrogen) atoms. The average Bonchev–Trinajstić information content (AvgIpc) is 2.61. The van der Waals surface area contributed by atoms with Crippen molar-refractivity contribution in [2.45, 2.75) is 25.6 Å². The fourth-order valence-electron chi connectivity index (χ4n) is 2.03. The molecule has 0 radical (unpaired) electrons. The normalized spacial score (nSPS) is 28.6. The van der Waals surface area contributed by atoms with Crippen LogP contribution in [0.5, 0.6) is 0 Å². The number of hydrogen-bond acceptors (Lipinski definition) is 4. The van der Waals surface area contributed by atoms with Gasteiger partial charge in [-0.2, -0.15) is 0 Å². The molecule has 0 N–H and O–H groups in total. The molecule has 6 heteroatoms. The van der Waals surface area contributed by atoms with Crippen LogP contribution < -0.4 is 0 Å². The summed E-state index contributed by atoms with van der Waals surface area (Å²) < 4.78 is 19.3. The molecule has 1 heterocycles. The first-order chi connectivity index (χ1) is 6.99. The minimum absolute atomic E-state index is 0.927. The van der Waals surface area contributed by atoms with Crippen LogP contribution in [0.1, 0.15) is 6.42 Å². The highest BCUT2D eigenvalue weighted by Crippen LogP contribution is 2.27. The van der Waals surface area contributed by atoms with Crippen LogP contribution in [0, 0.1) is 0 Å². The van der Waals surface area contributed by atoms with E-state index in [1.165, 1.54) is 12.5 Å². The van der Waals surface area contributed by atoms with Crippen LogP contribution in [-0.2, 0) is 13.3 Å².